The summed E-state index contributed by atoms with van der Waals surface area (Å²) in [6, 6.07) is 13.1. The zero-order valence-electron chi connectivity index (χ0n) is 13.0. The van der Waals surface area contributed by atoms with E-state index in [1.807, 2.05) is 31.2 Å². The average molecular weight is 318 g/mol. The second-order valence-corrected chi connectivity index (χ2v) is 5.55. The predicted octanol–water partition coefficient (Wildman–Crippen LogP) is 4.54. The van der Waals surface area contributed by atoms with Crippen LogP contribution in [0.5, 0.6) is 5.75 Å². The van der Waals surface area contributed by atoms with Crippen LogP contribution in [0.4, 0.5) is 0 Å². The molecule has 22 heavy (non-hydrogen) atoms. The van der Waals surface area contributed by atoms with Crippen molar-refractivity contribution in [3.05, 3.63) is 64.2 Å². The lowest BCUT2D eigenvalue weighted by Gasteiger charge is -2.19. The summed E-state index contributed by atoms with van der Waals surface area (Å²) in [7, 11) is 1.55. The van der Waals surface area contributed by atoms with Gasteiger partial charge < -0.3 is 10.1 Å². The highest BCUT2D eigenvalue weighted by molar-refractivity contribution is 6.32. The van der Waals surface area contributed by atoms with Gasteiger partial charge in [-0.1, -0.05) is 42.8 Å². The van der Waals surface area contributed by atoms with E-state index in [1.54, 1.807) is 25.3 Å². The molecule has 2 rings (SSSR count). The van der Waals surface area contributed by atoms with E-state index in [1.165, 1.54) is 5.56 Å². The second kappa shape index (κ2) is 7.32. The number of hydrogen-bond acceptors (Lipinski definition) is 2. The lowest BCUT2D eigenvalue weighted by Crippen LogP contribution is -2.28. The van der Waals surface area contributed by atoms with Crippen molar-refractivity contribution in [2.45, 2.75) is 26.3 Å². The SMILES string of the molecule is CCC(NC(=O)c1ccc(OC)c(Cl)c1)c1ccccc1C. The molecule has 0 aliphatic heterocycles. The molecule has 2 aromatic carbocycles. The fourth-order valence-electron chi connectivity index (χ4n) is 2.43. The average Bonchev–Trinajstić information content (AvgIpc) is 2.53. The van der Waals surface area contributed by atoms with Gasteiger partial charge in [-0.25, -0.2) is 0 Å². The van der Waals surface area contributed by atoms with Gasteiger partial charge in [0, 0.05) is 5.56 Å². The van der Waals surface area contributed by atoms with E-state index in [-0.39, 0.29) is 11.9 Å². The Morgan fingerprint density at radius 1 is 1.27 bits per heavy atom. The molecule has 2 aromatic rings. The molecule has 0 aromatic heterocycles. The van der Waals surface area contributed by atoms with E-state index < -0.39 is 0 Å². The Labute approximate surface area is 136 Å². The Morgan fingerprint density at radius 3 is 2.59 bits per heavy atom. The second-order valence-electron chi connectivity index (χ2n) is 5.14. The van der Waals surface area contributed by atoms with E-state index in [0.29, 0.717) is 16.3 Å². The fourth-order valence-corrected chi connectivity index (χ4v) is 2.68. The van der Waals surface area contributed by atoms with Gasteiger partial charge in [0.1, 0.15) is 5.75 Å². The molecule has 4 heteroatoms. The minimum atomic E-state index is -0.139. The molecule has 0 aliphatic rings. The summed E-state index contributed by atoms with van der Waals surface area (Å²) in [6.45, 7) is 4.10. The van der Waals surface area contributed by atoms with Crippen molar-refractivity contribution in [1.82, 2.24) is 5.32 Å². The molecule has 0 heterocycles. The molecular weight excluding hydrogens is 298 g/mol. The Morgan fingerprint density at radius 2 is 2.00 bits per heavy atom. The molecule has 1 unspecified atom stereocenters. The standard InChI is InChI=1S/C18H20ClNO2/c1-4-16(14-8-6-5-7-12(14)2)20-18(21)13-9-10-17(22-3)15(19)11-13/h5-11,16H,4H2,1-3H3,(H,20,21). The Kier molecular flexibility index (Phi) is 5.45. The van der Waals surface area contributed by atoms with Crippen LogP contribution >= 0.6 is 11.6 Å². The number of halogens is 1. The molecule has 116 valence electrons. The lowest BCUT2D eigenvalue weighted by atomic mass is 9.99. The maximum Gasteiger partial charge on any atom is 0.251 e. The van der Waals surface area contributed by atoms with Crippen LogP contribution in [0.3, 0.4) is 0 Å². The van der Waals surface area contributed by atoms with Crippen LogP contribution in [0.1, 0.15) is 40.9 Å². The van der Waals surface area contributed by atoms with Gasteiger partial charge in [0.05, 0.1) is 18.2 Å². The first-order valence-corrected chi connectivity index (χ1v) is 7.64. The van der Waals surface area contributed by atoms with Gasteiger partial charge in [0.25, 0.3) is 5.91 Å². The summed E-state index contributed by atoms with van der Waals surface area (Å²) in [5, 5.41) is 3.50. The first-order chi connectivity index (χ1) is 10.6. The van der Waals surface area contributed by atoms with Crippen LogP contribution < -0.4 is 10.1 Å². The molecule has 0 fully saturated rings. The Hall–Kier alpha value is -2.00. The summed E-state index contributed by atoms with van der Waals surface area (Å²) >= 11 is 6.08. The molecule has 3 nitrogen and oxygen atoms in total. The number of aryl methyl sites for hydroxylation is 1. The third-order valence-electron chi connectivity index (χ3n) is 3.69. The summed E-state index contributed by atoms with van der Waals surface area (Å²) in [4.78, 5) is 12.4. The molecule has 1 atom stereocenters. The normalized spacial score (nSPS) is 11.8. The van der Waals surface area contributed by atoms with Crippen LogP contribution in [0, 0.1) is 6.92 Å². The van der Waals surface area contributed by atoms with Gasteiger partial charge >= 0.3 is 0 Å². The van der Waals surface area contributed by atoms with Crippen molar-refractivity contribution in [1.29, 1.82) is 0 Å². The van der Waals surface area contributed by atoms with E-state index in [2.05, 4.69) is 12.2 Å². The minimum Gasteiger partial charge on any atom is -0.495 e. The van der Waals surface area contributed by atoms with Crippen molar-refractivity contribution < 1.29 is 9.53 Å². The van der Waals surface area contributed by atoms with Gasteiger partial charge in [0.15, 0.2) is 0 Å². The minimum absolute atomic E-state index is 0.0189. The first kappa shape index (κ1) is 16.4. The number of ether oxygens (including phenoxy) is 1. The summed E-state index contributed by atoms with van der Waals surface area (Å²) in [5.74, 6) is 0.420. The highest BCUT2D eigenvalue weighted by atomic mass is 35.5. The zero-order valence-corrected chi connectivity index (χ0v) is 13.8. The highest BCUT2D eigenvalue weighted by Gasteiger charge is 2.16. The molecular formula is C18H20ClNO2. The predicted molar refractivity (Wildman–Crippen MR) is 89.7 cm³/mol. The molecule has 0 saturated carbocycles. The van der Waals surface area contributed by atoms with E-state index >= 15 is 0 Å². The number of carbonyl (C=O) groups excluding carboxylic acids is 1. The van der Waals surface area contributed by atoms with Crippen LogP contribution in [0.15, 0.2) is 42.5 Å². The fraction of sp³-hybridized carbons (Fsp3) is 0.278. The molecule has 0 spiro atoms. The van der Waals surface area contributed by atoms with Crippen molar-refractivity contribution >= 4 is 17.5 Å². The van der Waals surface area contributed by atoms with E-state index in [4.69, 9.17) is 16.3 Å². The van der Waals surface area contributed by atoms with E-state index in [9.17, 15) is 4.79 Å². The number of benzene rings is 2. The monoisotopic (exact) mass is 317 g/mol. The smallest absolute Gasteiger partial charge is 0.251 e. The molecule has 0 saturated heterocycles. The number of methoxy groups -OCH3 is 1. The number of amides is 1. The highest BCUT2D eigenvalue weighted by Crippen LogP contribution is 2.26. The number of hydrogen-bond donors (Lipinski definition) is 1. The topological polar surface area (TPSA) is 38.3 Å². The van der Waals surface area contributed by atoms with E-state index in [0.717, 1.165) is 12.0 Å². The molecule has 0 radical (unpaired) electrons. The van der Waals surface area contributed by atoms with Crippen LogP contribution in [0.2, 0.25) is 5.02 Å². The third-order valence-corrected chi connectivity index (χ3v) is 3.99. The third kappa shape index (κ3) is 3.60. The van der Waals surface area contributed by atoms with Crippen molar-refractivity contribution in [3.8, 4) is 5.75 Å². The van der Waals surface area contributed by atoms with Crippen LogP contribution in [-0.4, -0.2) is 13.0 Å². The van der Waals surface area contributed by atoms with Gasteiger partial charge in [-0.2, -0.15) is 0 Å². The maximum absolute atomic E-state index is 12.4. The Balaban J connectivity index is 2.19. The van der Waals surface area contributed by atoms with Gasteiger partial charge in [-0.3, -0.25) is 4.79 Å². The lowest BCUT2D eigenvalue weighted by molar-refractivity contribution is 0.0935. The number of carbonyl (C=O) groups is 1. The molecule has 1 N–H and O–H groups in total. The van der Waals surface area contributed by atoms with Crippen LogP contribution in [0.25, 0.3) is 0 Å². The molecule has 1 amide bonds. The summed E-state index contributed by atoms with van der Waals surface area (Å²) in [6.07, 6.45) is 0.820. The summed E-state index contributed by atoms with van der Waals surface area (Å²) in [5.41, 5.74) is 2.83. The van der Waals surface area contributed by atoms with Gasteiger partial charge in [-0.15, -0.1) is 0 Å². The quantitative estimate of drug-likeness (QED) is 0.879. The number of rotatable bonds is 5. The first-order valence-electron chi connectivity index (χ1n) is 7.26. The van der Waals surface area contributed by atoms with Crippen molar-refractivity contribution in [2.75, 3.05) is 7.11 Å². The zero-order chi connectivity index (χ0) is 16.1. The largest absolute Gasteiger partial charge is 0.495 e. The molecule has 0 aliphatic carbocycles. The maximum atomic E-state index is 12.4. The number of nitrogens with one attached hydrogen (secondary N) is 1. The molecule has 0 bridgehead atoms. The van der Waals surface area contributed by atoms with Crippen molar-refractivity contribution in [2.24, 2.45) is 0 Å². The van der Waals surface area contributed by atoms with Crippen molar-refractivity contribution in [3.63, 3.8) is 0 Å². The van der Waals surface area contributed by atoms with Gasteiger partial charge in [-0.05, 0) is 42.7 Å². The Bertz CT molecular complexity index is 670. The van der Waals surface area contributed by atoms with Crippen LogP contribution in [-0.2, 0) is 0 Å². The van der Waals surface area contributed by atoms with Gasteiger partial charge in [0.2, 0.25) is 0 Å². The summed E-state index contributed by atoms with van der Waals surface area (Å²) < 4.78 is 5.10.